The van der Waals surface area contributed by atoms with Crippen LogP contribution in [0.25, 0.3) is 0 Å². The van der Waals surface area contributed by atoms with Gasteiger partial charge in [0.15, 0.2) is 0 Å². The number of ether oxygens (including phenoxy) is 1. The Balaban J connectivity index is 2.17. The molecule has 0 amide bonds. The van der Waals surface area contributed by atoms with E-state index in [1.165, 1.54) is 12.8 Å². The van der Waals surface area contributed by atoms with Crippen molar-refractivity contribution in [2.75, 3.05) is 13.2 Å². The topological polar surface area (TPSA) is 29.5 Å². The second-order valence-corrected chi connectivity index (χ2v) is 3.51. The van der Waals surface area contributed by atoms with Gasteiger partial charge in [-0.3, -0.25) is 0 Å². The van der Waals surface area contributed by atoms with Crippen molar-refractivity contribution in [2.24, 2.45) is 5.92 Å². The average Bonchev–Trinajstić information content (AvgIpc) is 2.16. The fourth-order valence-corrected chi connectivity index (χ4v) is 1.24. The van der Waals surface area contributed by atoms with Crippen LogP contribution in [0, 0.1) is 5.92 Å². The van der Waals surface area contributed by atoms with Gasteiger partial charge in [-0.05, 0) is 25.3 Å². The van der Waals surface area contributed by atoms with Gasteiger partial charge in [0.2, 0.25) is 0 Å². The van der Waals surface area contributed by atoms with Gasteiger partial charge in [0.05, 0.1) is 12.4 Å². The average molecular weight is 170 g/mol. The number of hydrogen-bond donors (Lipinski definition) is 1. The van der Waals surface area contributed by atoms with Crippen LogP contribution in [-0.2, 0) is 4.74 Å². The highest BCUT2D eigenvalue weighted by Crippen LogP contribution is 2.18. The number of aliphatic hydroxyl groups excluding tert-OH is 1. The molecule has 2 heteroatoms. The van der Waals surface area contributed by atoms with E-state index in [0.717, 1.165) is 18.6 Å². The molecule has 1 rings (SSSR count). The lowest BCUT2D eigenvalue weighted by Crippen LogP contribution is -2.10. The number of aliphatic hydroxyl groups is 1. The summed E-state index contributed by atoms with van der Waals surface area (Å²) in [7, 11) is 0. The van der Waals surface area contributed by atoms with Gasteiger partial charge < -0.3 is 9.84 Å². The van der Waals surface area contributed by atoms with Gasteiger partial charge in [-0.1, -0.05) is 6.92 Å². The Hall–Kier alpha value is -0.500. The summed E-state index contributed by atoms with van der Waals surface area (Å²) in [6, 6.07) is 0. The summed E-state index contributed by atoms with van der Waals surface area (Å²) in [5, 5.41) is 8.76. The smallest absolute Gasteiger partial charge is 0.0924 e. The quantitative estimate of drug-likeness (QED) is 0.700. The molecule has 1 aliphatic carbocycles. The first-order chi connectivity index (χ1) is 5.83. The largest absolute Gasteiger partial charge is 0.498 e. The fourth-order valence-electron chi connectivity index (χ4n) is 1.24. The van der Waals surface area contributed by atoms with E-state index in [2.05, 4.69) is 6.08 Å². The molecule has 12 heavy (non-hydrogen) atoms. The minimum absolute atomic E-state index is 0.216. The van der Waals surface area contributed by atoms with Gasteiger partial charge in [0, 0.05) is 18.9 Å². The molecule has 0 saturated heterocycles. The molecule has 0 aromatic heterocycles. The third-order valence-corrected chi connectivity index (χ3v) is 2.11. The van der Waals surface area contributed by atoms with Crippen LogP contribution in [0.5, 0.6) is 0 Å². The minimum Gasteiger partial charge on any atom is -0.498 e. The highest BCUT2D eigenvalue weighted by molar-refractivity contribution is 4.96. The Morgan fingerprint density at radius 1 is 1.58 bits per heavy atom. The molecule has 0 heterocycles. The molecule has 0 aromatic carbocycles. The van der Waals surface area contributed by atoms with E-state index in [9.17, 15) is 0 Å². The van der Waals surface area contributed by atoms with E-state index >= 15 is 0 Å². The van der Waals surface area contributed by atoms with Crippen LogP contribution in [0.2, 0.25) is 0 Å². The third-order valence-electron chi connectivity index (χ3n) is 2.11. The van der Waals surface area contributed by atoms with Gasteiger partial charge in [0.25, 0.3) is 0 Å². The fraction of sp³-hybridized carbons (Fsp3) is 0.800. The summed E-state index contributed by atoms with van der Waals surface area (Å²) in [6.07, 6.45) is 6.95. The molecule has 0 spiro atoms. The highest BCUT2D eigenvalue weighted by atomic mass is 16.5. The lowest BCUT2D eigenvalue weighted by molar-refractivity contribution is 0.120. The van der Waals surface area contributed by atoms with Crippen LogP contribution in [-0.4, -0.2) is 18.3 Å². The maximum Gasteiger partial charge on any atom is 0.0924 e. The van der Waals surface area contributed by atoms with Crippen molar-refractivity contribution in [2.45, 2.75) is 32.6 Å². The van der Waals surface area contributed by atoms with Crippen LogP contribution < -0.4 is 0 Å². The van der Waals surface area contributed by atoms with Crippen molar-refractivity contribution in [3.63, 3.8) is 0 Å². The maximum absolute atomic E-state index is 8.76. The van der Waals surface area contributed by atoms with E-state index in [0.29, 0.717) is 6.61 Å². The molecule has 0 radical (unpaired) electrons. The van der Waals surface area contributed by atoms with E-state index in [-0.39, 0.29) is 12.5 Å². The molecule has 70 valence electrons. The van der Waals surface area contributed by atoms with Gasteiger partial charge >= 0.3 is 0 Å². The van der Waals surface area contributed by atoms with Gasteiger partial charge in [-0.25, -0.2) is 0 Å². The summed E-state index contributed by atoms with van der Waals surface area (Å²) in [5.74, 6) is 1.38. The Labute approximate surface area is 74.2 Å². The summed E-state index contributed by atoms with van der Waals surface area (Å²) >= 11 is 0. The summed E-state index contributed by atoms with van der Waals surface area (Å²) in [6.45, 7) is 2.86. The normalized spacial score (nSPS) is 20.0. The Kier molecular flexibility index (Phi) is 4.15. The van der Waals surface area contributed by atoms with Crippen molar-refractivity contribution < 1.29 is 9.84 Å². The predicted molar refractivity (Wildman–Crippen MR) is 48.8 cm³/mol. The van der Waals surface area contributed by atoms with Crippen molar-refractivity contribution in [3.8, 4) is 0 Å². The predicted octanol–water partition coefficient (Wildman–Crippen LogP) is 2.09. The number of hydrogen-bond acceptors (Lipinski definition) is 2. The van der Waals surface area contributed by atoms with E-state index in [1.54, 1.807) is 0 Å². The lowest BCUT2D eigenvalue weighted by Gasteiger charge is -2.16. The highest BCUT2D eigenvalue weighted by Gasteiger charge is 2.06. The molecule has 1 unspecified atom stereocenters. The summed E-state index contributed by atoms with van der Waals surface area (Å²) in [5.41, 5.74) is 0. The zero-order valence-corrected chi connectivity index (χ0v) is 7.75. The number of allylic oxidation sites excluding steroid dienone is 2. The molecular formula is C10H18O2. The molecule has 0 saturated carbocycles. The van der Waals surface area contributed by atoms with Crippen molar-refractivity contribution in [3.05, 3.63) is 11.8 Å². The zero-order chi connectivity index (χ0) is 8.81. The molecule has 2 nitrogen and oxygen atoms in total. The molecule has 1 N–H and O–H groups in total. The lowest BCUT2D eigenvalue weighted by atomic mass is 10.1. The van der Waals surface area contributed by atoms with Crippen molar-refractivity contribution in [1.82, 2.24) is 0 Å². The van der Waals surface area contributed by atoms with Gasteiger partial charge in [0.1, 0.15) is 0 Å². The SMILES string of the molecule is CC(CO)COC1=CCCCC1. The van der Waals surface area contributed by atoms with Crippen LogP contribution >= 0.6 is 0 Å². The van der Waals surface area contributed by atoms with E-state index < -0.39 is 0 Å². The molecule has 0 aromatic rings. The standard InChI is InChI=1S/C10H18O2/c1-9(7-11)8-12-10-5-3-2-4-6-10/h5,9,11H,2-4,6-8H2,1H3. The minimum atomic E-state index is 0.216. The van der Waals surface area contributed by atoms with Gasteiger partial charge in [-0.2, -0.15) is 0 Å². The molecular weight excluding hydrogens is 152 g/mol. The molecule has 1 aliphatic rings. The molecule has 0 bridgehead atoms. The first kappa shape index (κ1) is 9.59. The van der Waals surface area contributed by atoms with Crippen LogP contribution in [0.4, 0.5) is 0 Å². The first-order valence-corrected chi connectivity index (χ1v) is 4.75. The van der Waals surface area contributed by atoms with E-state index in [4.69, 9.17) is 9.84 Å². The Morgan fingerprint density at radius 2 is 2.42 bits per heavy atom. The second kappa shape index (κ2) is 5.20. The van der Waals surface area contributed by atoms with Crippen LogP contribution in [0.15, 0.2) is 11.8 Å². The van der Waals surface area contributed by atoms with E-state index in [1.807, 2.05) is 6.92 Å². The Morgan fingerprint density at radius 3 is 3.00 bits per heavy atom. The zero-order valence-electron chi connectivity index (χ0n) is 7.75. The molecule has 0 fully saturated rings. The number of rotatable bonds is 4. The summed E-state index contributed by atoms with van der Waals surface area (Å²) < 4.78 is 5.54. The van der Waals surface area contributed by atoms with Gasteiger partial charge in [-0.15, -0.1) is 0 Å². The first-order valence-electron chi connectivity index (χ1n) is 4.75. The maximum atomic E-state index is 8.76. The van der Waals surface area contributed by atoms with Crippen molar-refractivity contribution >= 4 is 0 Å². The van der Waals surface area contributed by atoms with Crippen LogP contribution in [0.1, 0.15) is 32.6 Å². The van der Waals surface area contributed by atoms with Crippen molar-refractivity contribution in [1.29, 1.82) is 0 Å². The molecule has 0 aliphatic heterocycles. The molecule has 1 atom stereocenters. The Bertz CT molecular complexity index is 152. The second-order valence-electron chi connectivity index (χ2n) is 3.51. The van der Waals surface area contributed by atoms with Crippen LogP contribution in [0.3, 0.4) is 0 Å². The summed E-state index contributed by atoms with van der Waals surface area (Å²) in [4.78, 5) is 0. The monoisotopic (exact) mass is 170 g/mol. The third kappa shape index (κ3) is 3.26.